The van der Waals surface area contributed by atoms with Crippen LogP contribution in [0.5, 0.6) is 0 Å². The molecule has 1 amide bonds. The molecule has 1 aromatic carbocycles. The largest absolute Gasteiger partial charge is 0.376 e. The van der Waals surface area contributed by atoms with E-state index in [2.05, 4.69) is 15.4 Å². The minimum Gasteiger partial charge on any atom is -0.376 e. The van der Waals surface area contributed by atoms with Crippen LogP contribution in [0.2, 0.25) is 0 Å². The van der Waals surface area contributed by atoms with Gasteiger partial charge in [-0.25, -0.2) is 9.67 Å². The van der Waals surface area contributed by atoms with Gasteiger partial charge in [0.05, 0.1) is 24.9 Å². The summed E-state index contributed by atoms with van der Waals surface area (Å²) in [6.45, 7) is 5.47. The van der Waals surface area contributed by atoms with Crippen molar-refractivity contribution < 1.29 is 14.3 Å². The number of carbonyl (C=O) groups excluding carboxylic acids is 1. The van der Waals surface area contributed by atoms with Crippen LogP contribution >= 0.6 is 0 Å². The molecule has 1 saturated heterocycles. The van der Waals surface area contributed by atoms with Crippen LogP contribution in [0.4, 0.5) is 0 Å². The van der Waals surface area contributed by atoms with Gasteiger partial charge in [-0.2, -0.15) is 5.10 Å². The Labute approximate surface area is 134 Å². The Bertz CT molecular complexity index is 672. The van der Waals surface area contributed by atoms with Gasteiger partial charge in [-0.3, -0.25) is 4.79 Å². The molecule has 1 N–H and O–H groups in total. The maximum Gasteiger partial charge on any atom is 0.251 e. The lowest BCUT2D eigenvalue weighted by Crippen LogP contribution is -2.43. The summed E-state index contributed by atoms with van der Waals surface area (Å²) in [4.78, 5) is 16.4. The lowest BCUT2D eigenvalue weighted by atomic mass is 10.1. The van der Waals surface area contributed by atoms with Crippen LogP contribution in [-0.2, 0) is 9.47 Å². The quantitative estimate of drug-likeness (QED) is 0.894. The van der Waals surface area contributed by atoms with E-state index in [-0.39, 0.29) is 18.1 Å². The van der Waals surface area contributed by atoms with E-state index in [1.54, 1.807) is 17.1 Å². The Morgan fingerprint density at radius 1 is 1.48 bits per heavy atom. The fourth-order valence-corrected chi connectivity index (χ4v) is 2.69. The van der Waals surface area contributed by atoms with Gasteiger partial charge in [0.25, 0.3) is 5.91 Å². The predicted molar refractivity (Wildman–Crippen MR) is 83.6 cm³/mol. The molecule has 7 nitrogen and oxygen atoms in total. The van der Waals surface area contributed by atoms with Crippen molar-refractivity contribution in [3.05, 3.63) is 42.0 Å². The van der Waals surface area contributed by atoms with Crippen molar-refractivity contribution in [3.63, 3.8) is 0 Å². The topological polar surface area (TPSA) is 78.3 Å². The highest BCUT2D eigenvalue weighted by Gasteiger charge is 2.30. The molecular weight excluding hydrogens is 296 g/mol. The first-order valence-electron chi connectivity index (χ1n) is 7.65. The zero-order chi connectivity index (χ0) is 16.2. The summed E-state index contributed by atoms with van der Waals surface area (Å²) >= 11 is 0. The Hall–Kier alpha value is -2.25. The Morgan fingerprint density at radius 2 is 2.35 bits per heavy atom. The maximum absolute atomic E-state index is 12.4. The summed E-state index contributed by atoms with van der Waals surface area (Å²) in [6, 6.07) is 5.38. The average Bonchev–Trinajstić information content (AvgIpc) is 3.20. The number of ether oxygens (including phenoxy) is 2. The van der Waals surface area contributed by atoms with Gasteiger partial charge >= 0.3 is 0 Å². The first kappa shape index (κ1) is 15.6. The van der Waals surface area contributed by atoms with Crippen LogP contribution in [0.1, 0.15) is 22.8 Å². The number of benzene rings is 1. The molecule has 1 aliphatic heterocycles. The number of aromatic nitrogens is 3. The molecule has 0 unspecified atom stereocenters. The number of rotatable bonds is 5. The average molecular weight is 316 g/mol. The van der Waals surface area contributed by atoms with E-state index >= 15 is 0 Å². The second-order valence-corrected chi connectivity index (χ2v) is 5.45. The van der Waals surface area contributed by atoms with E-state index in [4.69, 9.17) is 9.47 Å². The number of aryl methyl sites for hydroxylation is 1. The summed E-state index contributed by atoms with van der Waals surface area (Å²) in [5, 5.41) is 7.10. The lowest BCUT2D eigenvalue weighted by Gasteiger charge is -2.19. The van der Waals surface area contributed by atoms with E-state index in [0.29, 0.717) is 25.4 Å². The zero-order valence-corrected chi connectivity index (χ0v) is 13.2. The van der Waals surface area contributed by atoms with Gasteiger partial charge in [-0.05, 0) is 37.6 Å². The first-order valence-corrected chi connectivity index (χ1v) is 7.65. The highest BCUT2D eigenvalue weighted by molar-refractivity contribution is 5.95. The van der Waals surface area contributed by atoms with Gasteiger partial charge < -0.3 is 14.8 Å². The monoisotopic (exact) mass is 316 g/mol. The van der Waals surface area contributed by atoms with Crippen LogP contribution in [0.3, 0.4) is 0 Å². The molecule has 1 aromatic heterocycles. The fraction of sp³-hybridized carbons (Fsp3) is 0.438. The van der Waals surface area contributed by atoms with Gasteiger partial charge in [0.2, 0.25) is 0 Å². The molecule has 0 spiro atoms. The van der Waals surface area contributed by atoms with Crippen LogP contribution in [0.25, 0.3) is 5.69 Å². The molecular formula is C16H20N4O3. The molecule has 122 valence electrons. The highest BCUT2D eigenvalue weighted by Crippen LogP contribution is 2.16. The number of nitrogens with one attached hydrogen (secondary N) is 1. The van der Waals surface area contributed by atoms with E-state index in [0.717, 1.165) is 11.3 Å². The summed E-state index contributed by atoms with van der Waals surface area (Å²) in [7, 11) is 0. The van der Waals surface area contributed by atoms with Gasteiger partial charge in [-0.1, -0.05) is 0 Å². The second-order valence-electron chi connectivity index (χ2n) is 5.45. The second kappa shape index (κ2) is 6.89. The third-order valence-corrected chi connectivity index (χ3v) is 3.85. The third kappa shape index (κ3) is 3.40. The van der Waals surface area contributed by atoms with Crippen molar-refractivity contribution in [1.29, 1.82) is 0 Å². The van der Waals surface area contributed by atoms with Crippen LogP contribution in [0, 0.1) is 6.92 Å². The van der Waals surface area contributed by atoms with Crippen LogP contribution < -0.4 is 5.32 Å². The van der Waals surface area contributed by atoms with Crippen molar-refractivity contribution in [2.24, 2.45) is 0 Å². The predicted octanol–water partition coefficient (Wildman–Crippen LogP) is 1.11. The molecule has 23 heavy (non-hydrogen) atoms. The van der Waals surface area contributed by atoms with E-state index in [1.165, 1.54) is 6.33 Å². The summed E-state index contributed by atoms with van der Waals surface area (Å²) in [6.07, 6.45) is 3.03. The standard InChI is InChI=1S/C16H20N4O3/c1-3-23-15-8-22-7-13(15)19-16(21)12-4-5-14(11(2)6-12)20-10-17-9-18-20/h4-6,9-10,13,15H,3,7-8H2,1-2H3,(H,19,21)/t13-,15-/m1/s1. The summed E-state index contributed by atoms with van der Waals surface area (Å²) < 4.78 is 12.7. The molecule has 3 rings (SSSR count). The first-order chi connectivity index (χ1) is 11.2. The highest BCUT2D eigenvalue weighted by atomic mass is 16.5. The SMILES string of the molecule is CCO[C@@H]1COC[C@H]1NC(=O)c1ccc(-n2cncn2)c(C)c1. The molecule has 0 radical (unpaired) electrons. The van der Waals surface area contributed by atoms with Gasteiger partial charge in [0, 0.05) is 12.2 Å². The Kier molecular flexibility index (Phi) is 4.68. The normalized spacial score (nSPS) is 20.6. The molecule has 2 atom stereocenters. The van der Waals surface area contributed by atoms with Gasteiger partial charge in [0.1, 0.15) is 18.8 Å². The lowest BCUT2D eigenvalue weighted by molar-refractivity contribution is 0.0402. The van der Waals surface area contributed by atoms with E-state index in [9.17, 15) is 4.79 Å². The van der Waals surface area contributed by atoms with Crippen molar-refractivity contribution in [2.45, 2.75) is 26.0 Å². The number of amides is 1. The third-order valence-electron chi connectivity index (χ3n) is 3.85. The molecule has 7 heteroatoms. The smallest absolute Gasteiger partial charge is 0.251 e. The molecule has 1 fully saturated rings. The van der Waals surface area contributed by atoms with Crippen molar-refractivity contribution >= 4 is 5.91 Å². The van der Waals surface area contributed by atoms with Gasteiger partial charge in [0.15, 0.2) is 0 Å². The molecule has 1 aliphatic rings. The number of hydrogen-bond donors (Lipinski definition) is 1. The van der Waals surface area contributed by atoms with Crippen molar-refractivity contribution in [3.8, 4) is 5.69 Å². The van der Waals surface area contributed by atoms with Crippen LogP contribution in [0.15, 0.2) is 30.9 Å². The molecule has 0 aliphatic carbocycles. The minimum atomic E-state index is -0.126. The summed E-state index contributed by atoms with van der Waals surface area (Å²) in [5.74, 6) is -0.126. The van der Waals surface area contributed by atoms with Crippen LogP contribution in [-0.4, -0.2) is 52.6 Å². The maximum atomic E-state index is 12.4. The van der Waals surface area contributed by atoms with E-state index in [1.807, 2.05) is 26.0 Å². The number of nitrogens with zero attached hydrogens (tertiary/aromatic N) is 3. The fourth-order valence-electron chi connectivity index (χ4n) is 2.69. The zero-order valence-electron chi connectivity index (χ0n) is 13.2. The molecule has 0 bridgehead atoms. The minimum absolute atomic E-state index is 0.0838. The molecule has 2 aromatic rings. The number of carbonyl (C=O) groups is 1. The van der Waals surface area contributed by atoms with Gasteiger partial charge in [-0.15, -0.1) is 0 Å². The van der Waals surface area contributed by atoms with Crippen molar-refractivity contribution in [1.82, 2.24) is 20.1 Å². The summed E-state index contributed by atoms with van der Waals surface area (Å²) in [5.41, 5.74) is 2.45. The molecule has 2 heterocycles. The Balaban J connectivity index is 1.72. The number of hydrogen-bond acceptors (Lipinski definition) is 5. The van der Waals surface area contributed by atoms with Crippen molar-refractivity contribution in [2.75, 3.05) is 19.8 Å². The Morgan fingerprint density at radius 3 is 3.04 bits per heavy atom. The van der Waals surface area contributed by atoms with E-state index < -0.39 is 0 Å². The molecule has 0 saturated carbocycles.